The Balaban J connectivity index is 1.84. The van der Waals surface area contributed by atoms with Crippen LogP contribution in [-0.4, -0.2) is 35.7 Å². The molecule has 0 aliphatic heterocycles. The number of aromatic nitrogens is 2. The number of carbonyl (C=O) groups is 2. The predicted octanol–water partition coefficient (Wildman–Crippen LogP) is 3.69. The van der Waals surface area contributed by atoms with Gasteiger partial charge >= 0.3 is 6.18 Å². The minimum atomic E-state index is -4.89. The van der Waals surface area contributed by atoms with E-state index < -0.39 is 29.2 Å². The molecule has 0 spiro atoms. The minimum Gasteiger partial charge on any atom is -0.378 e. The van der Waals surface area contributed by atoms with E-state index >= 15 is 0 Å². The lowest BCUT2D eigenvalue weighted by molar-refractivity contribution is -0.143. The highest BCUT2D eigenvalue weighted by Gasteiger charge is 2.40. The molecule has 162 valence electrons. The second-order valence-corrected chi connectivity index (χ2v) is 7.09. The molecule has 0 fully saturated rings. The lowest BCUT2D eigenvalue weighted by atomic mass is 10.2. The Bertz CT molecular complexity index is 1130. The molecule has 0 saturated carbocycles. The molecule has 0 aliphatic rings. The molecule has 0 aliphatic carbocycles. The van der Waals surface area contributed by atoms with Crippen molar-refractivity contribution in [3.05, 3.63) is 76.6 Å². The Morgan fingerprint density at radius 1 is 1.03 bits per heavy atom. The quantitative estimate of drug-likeness (QED) is 0.593. The van der Waals surface area contributed by atoms with Crippen LogP contribution in [0.15, 0.2) is 54.7 Å². The van der Waals surface area contributed by atoms with Gasteiger partial charge in [0.25, 0.3) is 11.8 Å². The van der Waals surface area contributed by atoms with E-state index in [1.807, 2.05) is 5.43 Å². The van der Waals surface area contributed by atoms with Crippen molar-refractivity contribution in [2.24, 2.45) is 0 Å². The Kier molecular flexibility index (Phi) is 6.21. The first-order valence-corrected chi connectivity index (χ1v) is 9.25. The molecule has 0 radical (unpaired) electrons. The lowest BCUT2D eigenvalue weighted by Gasteiger charge is -2.14. The highest BCUT2D eigenvalue weighted by Crippen LogP contribution is 2.34. The molecular formula is C20H17ClF3N5O2. The van der Waals surface area contributed by atoms with Crippen molar-refractivity contribution < 1.29 is 22.8 Å². The average molecular weight is 452 g/mol. The van der Waals surface area contributed by atoms with E-state index in [9.17, 15) is 22.8 Å². The normalized spacial score (nSPS) is 11.2. The van der Waals surface area contributed by atoms with Crippen LogP contribution in [0.5, 0.6) is 0 Å². The van der Waals surface area contributed by atoms with Crippen molar-refractivity contribution in [3.8, 4) is 5.69 Å². The topological polar surface area (TPSA) is 79.3 Å². The fourth-order valence-electron chi connectivity index (χ4n) is 2.77. The van der Waals surface area contributed by atoms with E-state index in [2.05, 4.69) is 10.5 Å². The maximum absolute atomic E-state index is 13.7. The SMILES string of the molecule is CN(C)c1cccc(C(=O)NNC(=O)c2cnn(-c3cccc(Cl)c3)c2C(F)(F)F)c1. The Morgan fingerprint density at radius 2 is 1.71 bits per heavy atom. The summed E-state index contributed by atoms with van der Waals surface area (Å²) < 4.78 is 41.7. The summed E-state index contributed by atoms with van der Waals surface area (Å²) >= 11 is 5.85. The first kappa shape index (κ1) is 22.2. The number of rotatable bonds is 4. The molecule has 2 amide bonds. The molecular weight excluding hydrogens is 435 g/mol. The van der Waals surface area contributed by atoms with Crippen molar-refractivity contribution >= 4 is 29.1 Å². The maximum atomic E-state index is 13.7. The van der Waals surface area contributed by atoms with Crippen LogP contribution in [0.2, 0.25) is 5.02 Å². The molecule has 2 aromatic carbocycles. The molecule has 3 rings (SSSR count). The van der Waals surface area contributed by atoms with Crippen molar-refractivity contribution in [2.45, 2.75) is 6.18 Å². The Labute approximate surface area is 180 Å². The third kappa shape index (κ3) is 4.97. The number of nitrogens with zero attached hydrogens (tertiary/aromatic N) is 3. The number of alkyl halides is 3. The predicted molar refractivity (Wildman–Crippen MR) is 109 cm³/mol. The van der Waals surface area contributed by atoms with Crippen LogP contribution in [0.4, 0.5) is 18.9 Å². The summed E-state index contributed by atoms with van der Waals surface area (Å²) in [6.45, 7) is 0. The number of halogens is 4. The number of benzene rings is 2. The number of carbonyl (C=O) groups excluding carboxylic acids is 2. The first-order valence-electron chi connectivity index (χ1n) is 8.87. The van der Waals surface area contributed by atoms with Gasteiger partial charge in [-0.3, -0.25) is 20.4 Å². The summed E-state index contributed by atoms with van der Waals surface area (Å²) in [5.74, 6) is -1.86. The van der Waals surface area contributed by atoms with Crippen LogP contribution in [0.3, 0.4) is 0 Å². The fraction of sp³-hybridized carbons (Fsp3) is 0.150. The zero-order chi connectivity index (χ0) is 22.8. The van der Waals surface area contributed by atoms with Gasteiger partial charge in [-0.15, -0.1) is 0 Å². The van der Waals surface area contributed by atoms with E-state index in [1.165, 1.54) is 30.3 Å². The summed E-state index contributed by atoms with van der Waals surface area (Å²) in [6.07, 6.45) is -4.12. The smallest absolute Gasteiger partial charge is 0.378 e. The number of nitrogens with one attached hydrogen (secondary N) is 2. The second kappa shape index (κ2) is 8.68. The van der Waals surface area contributed by atoms with Gasteiger partial charge in [-0.1, -0.05) is 23.7 Å². The molecule has 1 aromatic heterocycles. The zero-order valence-electron chi connectivity index (χ0n) is 16.4. The highest BCUT2D eigenvalue weighted by atomic mass is 35.5. The van der Waals surface area contributed by atoms with Crippen LogP contribution in [0, 0.1) is 0 Å². The van der Waals surface area contributed by atoms with Crippen LogP contribution in [0.25, 0.3) is 5.69 Å². The monoisotopic (exact) mass is 451 g/mol. The van der Waals surface area contributed by atoms with E-state index in [0.717, 1.165) is 11.9 Å². The summed E-state index contributed by atoms with van der Waals surface area (Å²) in [4.78, 5) is 26.5. The van der Waals surface area contributed by atoms with Crippen molar-refractivity contribution in [3.63, 3.8) is 0 Å². The van der Waals surface area contributed by atoms with Gasteiger partial charge in [0.1, 0.15) is 0 Å². The second-order valence-electron chi connectivity index (χ2n) is 6.65. The Hall–Kier alpha value is -3.53. The molecule has 0 unspecified atom stereocenters. The maximum Gasteiger partial charge on any atom is 0.434 e. The van der Waals surface area contributed by atoms with E-state index in [-0.39, 0.29) is 16.3 Å². The van der Waals surface area contributed by atoms with Crippen molar-refractivity contribution in [1.29, 1.82) is 0 Å². The minimum absolute atomic E-state index is 0.0309. The van der Waals surface area contributed by atoms with E-state index in [4.69, 9.17) is 11.6 Å². The standard InChI is InChI=1S/C20H17ClF3N5O2/c1-28(2)14-7-3-5-12(9-14)18(30)26-27-19(31)16-11-25-29(17(16)20(22,23)24)15-8-4-6-13(21)10-15/h3-11H,1-2H3,(H,26,30)(H,27,31). The van der Waals surface area contributed by atoms with Gasteiger partial charge < -0.3 is 4.90 Å². The van der Waals surface area contributed by atoms with Crippen LogP contribution in [-0.2, 0) is 6.18 Å². The zero-order valence-corrected chi connectivity index (χ0v) is 17.1. The van der Waals surface area contributed by atoms with Crippen molar-refractivity contribution in [1.82, 2.24) is 20.6 Å². The molecule has 2 N–H and O–H groups in total. The highest BCUT2D eigenvalue weighted by molar-refractivity contribution is 6.30. The van der Waals surface area contributed by atoms with Gasteiger partial charge in [-0.2, -0.15) is 18.3 Å². The summed E-state index contributed by atoms with van der Waals surface area (Å²) in [5, 5.41) is 3.90. The molecule has 31 heavy (non-hydrogen) atoms. The summed E-state index contributed by atoms with van der Waals surface area (Å²) in [5.41, 5.74) is 3.06. The van der Waals surface area contributed by atoms with Crippen LogP contribution < -0.4 is 15.8 Å². The first-order chi connectivity index (χ1) is 14.6. The van der Waals surface area contributed by atoms with Crippen molar-refractivity contribution in [2.75, 3.05) is 19.0 Å². The lowest BCUT2D eigenvalue weighted by Crippen LogP contribution is -2.42. The van der Waals surface area contributed by atoms with Gasteiger partial charge in [0.15, 0.2) is 5.69 Å². The molecule has 0 saturated heterocycles. The van der Waals surface area contributed by atoms with Crippen LogP contribution in [0.1, 0.15) is 26.4 Å². The summed E-state index contributed by atoms with van der Waals surface area (Å²) in [7, 11) is 3.57. The van der Waals surface area contributed by atoms with Gasteiger partial charge in [-0.05, 0) is 36.4 Å². The fourth-order valence-corrected chi connectivity index (χ4v) is 2.95. The van der Waals surface area contributed by atoms with E-state index in [1.54, 1.807) is 37.2 Å². The number of amides is 2. The Morgan fingerprint density at radius 3 is 2.35 bits per heavy atom. The number of hydrogen-bond acceptors (Lipinski definition) is 4. The van der Waals surface area contributed by atoms with Gasteiger partial charge in [0.2, 0.25) is 0 Å². The summed E-state index contributed by atoms with van der Waals surface area (Å²) in [6, 6.07) is 12.1. The average Bonchev–Trinajstić information content (AvgIpc) is 3.18. The van der Waals surface area contributed by atoms with Gasteiger partial charge in [-0.25, -0.2) is 4.68 Å². The van der Waals surface area contributed by atoms with Gasteiger partial charge in [0, 0.05) is 30.4 Å². The van der Waals surface area contributed by atoms with Crippen LogP contribution >= 0.6 is 11.6 Å². The third-order valence-electron chi connectivity index (χ3n) is 4.25. The molecule has 0 bridgehead atoms. The molecule has 1 heterocycles. The molecule has 3 aromatic rings. The molecule has 0 atom stereocenters. The third-order valence-corrected chi connectivity index (χ3v) is 4.48. The van der Waals surface area contributed by atoms with E-state index in [0.29, 0.717) is 4.68 Å². The molecule has 7 nitrogen and oxygen atoms in total. The largest absolute Gasteiger partial charge is 0.434 e. The van der Waals surface area contributed by atoms with Gasteiger partial charge in [0.05, 0.1) is 17.4 Å². The number of hydrazine groups is 1. The number of hydrogen-bond donors (Lipinski definition) is 2. The number of anilines is 1. The molecule has 11 heteroatoms.